The molecule has 0 fully saturated rings. The van der Waals surface area contributed by atoms with E-state index in [0.29, 0.717) is 10.7 Å². The quantitative estimate of drug-likeness (QED) is 0.481. The first-order valence-corrected chi connectivity index (χ1v) is 11.2. The number of aryl methyl sites for hydroxylation is 2. The standard InChI is InChI=1S/C23H20ClN3O2S/c1-15-7-8-16(2)19(13-15)20-14-22(17-9-11-18(24)12-10-17)27(26-20)21-5-3-4-6-23(21)30(25,28)29/h3-14H,1-2H3,(H2,25,28,29). The molecule has 30 heavy (non-hydrogen) atoms. The highest BCUT2D eigenvalue weighted by atomic mass is 35.5. The molecule has 0 spiro atoms. The fourth-order valence-electron chi connectivity index (χ4n) is 3.41. The molecular formula is C23H20ClN3O2S. The molecule has 2 N–H and O–H groups in total. The molecule has 5 nitrogen and oxygen atoms in total. The van der Waals surface area contributed by atoms with E-state index in [1.165, 1.54) is 6.07 Å². The van der Waals surface area contributed by atoms with Crippen LogP contribution in [0.2, 0.25) is 5.02 Å². The van der Waals surface area contributed by atoms with Crippen molar-refractivity contribution in [3.8, 4) is 28.2 Å². The molecule has 1 heterocycles. The molecule has 0 aliphatic carbocycles. The molecule has 0 radical (unpaired) electrons. The summed E-state index contributed by atoms with van der Waals surface area (Å²) in [5.41, 5.74) is 5.89. The van der Waals surface area contributed by atoms with Gasteiger partial charge in [0.2, 0.25) is 10.0 Å². The topological polar surface area (TPSA) is 78.0 Å². The zero-order chi connectivity index (χ0) is 21.5. The number of hydrogen-bond donors (Lipinski definition) is 1. The van der Waals surface area contributed by atoms with Crippen LogP contribution in [0, 0.1) is 13.8 Å². The number of rotatable bonds is 4. The fourth-order valence-corrected chi connectivity index (χ4v) is 4.25. The van der Waals surface area contributed by atoms with E-state index in [4.69, 9.17) is 21.8 Å². The number of nitrogens with zero attached hydrogens (tertiary/aromatic N) is 2. The van der Waals surface area contributed by atoms with Gasteiger partial charge >= 0.3 is 0 Å². The van der Waals surface area contributed by atoms with Crippen molar-refractivity contribution in [2.75, 3.05) is 0 Å². The van der Waals surface area contributed by atoms with Gasteiger partial charge < -0.3 is 0 Å². The molecule has 7 heteroatoms. The fraction of sp³-hybridized carbons (Fsp3) is 0.0870. The van der Waals surface area contributed by atoms with E-state index in [0.717, 1.165) is 33.6 Å². The maximum atomic E-state index is 12.2. The number of hydrogen-bond acceptors (Lipinski definition) is 3. The third kappa shape index (κ3) is 3.89. The lowest BCUT2D eigenvalue weighted by molar-refractivity contribution is 0.596. The average Bonchev–Trinajstić information content (AvgIpc) is 3.15. The monoisotopic (exact) mass is 437 g/mol. The van der Waals surface area contributed by atoms with Crippen molar-refractivity contribution in [1.82, 2.24) is 9.78 Å². The number of primary sulfonamides is 1. The van der Waals surface area contributed by atoms with Gasteiger partial charge in [-0.15, -0.1) is 0 Å². The van der Waals surface area contributed by atoms with E-state index >= 15 is 0 Å². The van der Waals surface area contributed by atoms with Crippen molar-refractivity contribution >= 4 is 21.6 Å². The summed E-state index contributed by atoms with van der Waals surface area (Å²) < 4.78 is 26.1. The predicted octanol–water partition coefficient (Wildman–Crippen LogP) is 5.12. The van der Waals surface area contributed by atoms with Gasteiger partial charge in [-0.1, -0.05) is 53.6 Å². The van der Waals surface area contributed by atoms with E-state index in [2.05, 4.69) is 6.07 Å². The summed E-state index contributed by atoms with van der Waals surface area (Å²) in [6.07, 6.45) is 0. The molecule has 0 saturated carbocycles. The third-order valence-corrected chi connectivity index (χ3v) is 6.13. The molecule has 0 unspecified atom stereocenters. The zero-order valence-electron chi connectivity index (χ0n) is 16.5. The molecule has 0 aliphatic heterocycles. The summed E-state index contributed by atoms with van der Waals surface area (Å²) in [5, 5.41) is 10.9. The van der Waals surface area contributed by atoms with Gasteiger partial charge in [0.1, 0.15) is 4.90 Å². The maximum absolute atomic E-state index is 12.2. The molecule has 152 valence electrons. The van der Waals surface area contributed by atoms with Crippen LogP contribution < -0.4 is 5.14 Å². The normalized spacial score (nSPS) is 11.6. The van der Waals surface area contributed by atoms with Crippen molar-refractivity contribution < 1.29 is 8.42 Å². The highest BCUT2D eigenvalue weighted by molar-refractivity contribution is 7.89. The molecular weight excluding hydrogens is 418 g/mol. The summed E-state index contributed by atoms with van der Waals surface area (Å²) >= 11 is 6.06. The summed E-state index contributed by atoms with van der Waals surface area (Å²) in [4.78, 5) is 0.0100. The Morgan fingerprint density at radius 3 is 2.33 bits per heavy atom. The molecule has 4 rings (SSSR count). The smallest absolute Gasteiger partial charge is 0.231 e. The Kier molecular flexibility index (Phi) is 5.24. The lowest BCUT2D eigenvalue weighted by Gasteiger charge is -2.11. The van der Waals surface area contributed by atoms with Crippen LogP contribution in [-0.2, 0) is 10.0 Å². The van der Waals surface area contributed by atoms with Crippen LogP contribution in [-0.4, -0.2) is 18.2 Å². The van der Waals surface area contributed by atoms with Crippen LogP contribution in [0.1, 0.15) is 11.1 Å². The molecule has 3 aromatic carbocycles. The minimum absolute atomic E-state index is 0.0100. The van der Waals surface area contributed by atoms with Gasteiger partial charge in [-0.2, -0.15) is 5.10 Å². The zero-order valence-corrected chi connectivity index (χ0v) is 18.1. The highest BCUT2D eigenvalue weighted by Gasteiger charge is 2.20. The number of halogens is 1. The summed E-state index contributed by atoms with van der Waals surface area (Å²) in [7, 11) is -3.94. The Balaban J connectivity index is 2.02. The van der Waals surface area contributed by atoms with E-state index in [-0.39, 0.29) is 4.90 Å². The number of aromatic nitrogens is 2. The van der Waals surface area contributed by atoms with Crippen LogP contribution in [0.5, 0.6) is 0 Å². The van der Waals surface area contributed by atoms with E-state index < -0.39 is 10.0 Å². The van der Waals surface area contributed by atoms with Crippen LogP contribution in [0.4, 0.5) is 0 Å². The van der Waals surface area contributed by atoms with Gasteiger partial charge in [-0.3, -0.25) is 0 Å². The third-order valence-electron chi connectivity index (χ3n) is 4.92. The van der Waals surface area contributed by atoms with Crippen molar-refractivity contribution in [1.29, 1.82) is 0 Å². The van der Waals surface area contributed by atoms with E-state index in [9.17, 15) is 8.42 Å². The molecule has 0 amide bonds. The second-order valence-corrected chi connectivity index (χ2v) is 9.13. The summed E-state index contributed by atoms with van der Waals surface area (Å²) in [5.74, 6) is 0. The molecule has 0 aliphatic rings. The Morgan fingerprint density at radius 1 is 0.933 bits per heavy atom. The van der Waals surface area contributed by atoms with Crippen molar-refractivity contribution in [2.45, 2.75) is 18.7 Å². The predicted molar refractivity (Wildman–Crippen MR) is 120 cm³/mol. The lowest BCUT2D eigenvalue weighted by atomic mass is 10.0. The Morgan fingerprint density at radius 2 is 1.63 bits per heavy atom. The Bertz CT molecular complexity index is 1340. The number of benzene rings is 3. The van der Waals surface area contributed by atoms with Gasteiger partial charge in [-0.25, -0.2) is 18.2 Å². The van der Waals surface area contributed by atoms with Crippen LogP contribution in [0.15, 0.2) is 77.7 Å². The number of para-hydroxylation sites is 1. The second-order valence-electron chi connectivity index (χ2n) is 7.16. The summed E-state index contributed by atoms with van der Waals surface area (Å²) in [6, 6.07) is 22.0. The van der Waals surface area contributed by atoms with E-state index in [1.54, 1.807) is 35.0 Å². The van der Waals surface area contributed by atoms with Crippen LogP contribution >= 0.6 is 11.6 Å². The highest BCUT2D eigenvalue weighted by Crippen LogP contribution is 2.32. The summed E-state index contributed by atoms with van der Waals surface area (Å²) in [6.45, 7) is 4.05. The molecule has 0 saturated heterocycles. The van der Waals surface area contributed by atoms with Crippen molar-refractivity contribution in [3.05, 3.63) is 88.9 Å². The molecule has 1 aromatic heterocycles. The first kappa shape index (κ1) is 20.3. The van der Waals surface area contributed by atoms with Crippen LogP contribution in [0.25, 0.3) is 28.2 Å². The van der Waals surface area contributed by atoms with Gasteiger partial charge in [0.05, 0.1) is 17.1 Å². The SMILES string of the molecule is Cc1ccc(C)c(-c2cc(-c3ccc(Cl)cc3)n(-c3ccccc3S(N)(=O)=O)n2)c1. The van der Waals surface area contributed by atoms with Gasteiger partial charge in [0.15, 0.2) is 0 Å². The van der Waals surface area contributed by atoms with Gasteiger partial charge in [0.25, 0.3) is 0 Å². The first-order chi connectivity index (χ1) is 14.2. The molecule has 0 bridgehead atoms. The number of nitrogens with two attached hydrogens (primary N) is 1. The largest absolute Gasteiger partial charge is 0.240 e. The lowest BCUT2D eigenvalue weighted by Crippen LogP contribution is -2.16. The van der Waals surface area contributed by atoms with Gasteiger partial charge in [-0.05, 0) is 55.8 Å². The molecule has 0 atom stereocenters. The Hall–Kier alpha value is -2.93. The average molecular weight is 438 g/mol. The van der Waals surface area contributed by atoms with E-state index in [1.807, 2.05) is 44.2 Å². The second kappa shape index (κ2) is 7.72. The van der Waals surface area contributed by atoms with Crippen molar-refractivity contribution in [2.24, 2.45) is 5.14 Å². The minimum Gasteiger partial charge on any atom is -0.231 e. The first-order valence-electron chi connectivity index (χ1n) is 9.30. The maximum Gasteiger partial charge on any atom is 0.240 e. The Labute approximate surface area is 180 Å². The van der Waals surface area contributed by atoms with Gasteiger partial charge in [0, 0.05) is 16.1 Å². The minimum atomic E-state index is -3.94. The molecule has 4 aromatic rings. The number of sulfonamides is 1. The van der Waals surface area contributed by atoms with Crippen molar-refractivity contribution in [3.63, 3.8) is 0 Å². The van der Waals surface area contributed by atoms with Crippen LogP contribution in [0.3, 0.4) is 0 Å².